The predicted octanol–water partition coefficient (Wildman–Crippen LogP) is 4.43. The molecule has 0 aliphatic carbocycles. The van der Waals surface area contributed by atoms with Gasteiger partial charge in [0.15, 0.2) is 4.80 Å². The monoisotopic (exact) mass is 535 g/mol. The Kier molecular flexibility index (Phi) is 6.46. The number of nitrogens with zero attached hydrogens (tertiary/aromatic N) is 2. The van der Waals surface area contributed by atoms with Gasteiger partial charge < -0.3 is 14.5 Å². The van der Waals surface area contributed by atoms with Gasteiger partial charge in [-0.1, -0.05) is 78.1 Å². The molecule has 7 nitrogen and oxygen atoms in total. The number of hydrogen-bond acceptors (Lipinski definition) is 6. The number of rotatable bonds is 6. The van der Waals surface area contributed by atoms with E-state index < -0.39 is 12.0 Å². The summed E-state index contributed by atoms with van der Waals surface area (Å²) in [5.74, 6) is 0.0340. The molecule has 3 aromatic carbocycles. The van der Waals surface area contributed by atoms with Crippen molar-refractivity contribution in [1.82, 2.24) is 9.55 Å². The normalized spacial score (nSPS) is 15.2. The number of ether oxygens (including phenoxy) is 2. The molecule has 0 fully saturated rings. The molecule has 1 atom stereocenters. The van der Waals surface area contributed by atoms with Crippen molar-refractivity contribution in [2.24, 2.45) is 4.99 Å². The van der Waals surface area contributed by atoms with Crippen molar-refractivity contribution in [3.63, 3.8) is 0 Å². The third-order valence-corrected chi connectivity index (χ3v) is 7.70. The van der Waals surface area contributed by atoms with Crippen LogP contribution in [0.4, 0.5) is 0 Å². The van der Waals surface area contributed by atoms with Crippen LogP contribution < -0.4 is 19.6 Å². The average molecular weight is 536 g/mol. The first-order chi connectivity index (χ1) is 19.1. The Bertz CT molecular complexity index is 1910. The molecular weight excluding hydrogens is 510 g/mol. The first-order valence-electron chi connectivity index (χ1n) is 12.6. The lowest BCUT2D eigenvalue weighted by molar-refractivity contribution is -0.138. The summed E-state index contributed by atoms with van der Waals surface area (Å²) in [6.45, 7) is 1.95. The highest BCUT2D eigenvalue weighted by Crippen LogP contribution is 2.38. The van der Waals surface area contributed by atoms with E-state index in [1.165, 1.54) is 11.3 Å². The maximum atomic E-state index is 14.1. The fraction of sp³-hybridized carbons (Fsp3) is 0.129. The molecule has 0 saturated carbocycles. The van der Waals surface area contributed by atoms with Gasteiger partial charge in [0.2, 0.25) is 0 Å². The Hall–Kier alpha value is -4.69. The van der Waals surface area contributed by atoms with Gasteiger partial charge in [-0.05, 0) is 25.1 Å². The molecule has 1 aliphatic rings. The van der Waals surface area contributed by atoms with E-state index in [1.54, 1.807) is 18.6 Å². The van der Waals surface area contributed by atoms with E-state index in [2.05, 4.69) is 4.98 Å². The Morgan fingerprint density at radius 3 is 2.59 bits per heavy atom. The summed E-state index contributed by atoms with van der Waals surface area (Å²) in [7, 11) is 1.57. The van der Waals surface area contributed by atoms with Crippen molar-refractivity contribution in [3.05, 3.63) is 127 Å². The minimum Gasteiger partial charge on any atom is -0.496 e. The van der Waals surface area contributed by atoms with Crippen LogP contribution in [-0.2, 0) is 9.53 Å². The summed E-state index contributed by atoms with van der Waals surface area (Å²) in [6, 6.07) is 24.1. The highest BCUT2D eigenvalue weighted by molar-refractivity contribution is 7.07. The van der Waals surface area contributed by atoms with Crippen LogP contribution in [0, 0.1) is 0 Å². The molecule has 1 aliphatic heterocycles. The van der Waals surface area contributed by atoms with E-state index in [4.69, 9.17) is 14.5 Å². The smallest absolute Gasteiger partial charge is 0.338 e. The number of thiazole rings is 1. The van der Waals surface area contributed by atoms with Gasteiger partial charge in [0.25, 0.3) is 5.56 Å². The number of H-pyrrole nitrogens is 1. The number of carbonyl (C=O) groups excluding carboxylic acids is 1. The van der Waals surface area contributed by atoms with Crippen molar-refractivity contribution in [2.75, 3.05) is 13.7 Å². The standard InChI is InChI=1S/C31H25N3O4S/c1-3-38-30(36)26-27(19-11-5-4-6-12-19)33-31-34(28(26)22-14-8-10-16-24(22)37-2)29(35)25(39-31)17-20-18-32-23-15-9-7-13-21(20)23/h4-18,28,32H,3H2,1-2H3/b25-17+/t28-/m1/s1. The maximum absolute atomic E-state index is 14.1. The molecule has 0 radical (unpaired) electrons. The molecule has 194 valence electrons. The predicted molar refractivity (Wildman–Crippen MR) is 152 cm³/mol. The fourth-order valence-electron chi connectivity index (χ4n) is 4.98. The molecule has 2 aromatic heterocycles. The maximum Gasteiger partial charge on any atom is 0.338 e. The molecular formula is C31H25N3O4S. The lowest BCUT2D eigenvalue weighted by atomic mass is 9.92. The zero-order chi connectivity index (χ0) is 26.9. The molecule has 0 unspecified atom stereocenters. The fourth-order valence-corrected chi connectivity index (χ4v) is 5.97. The number of methoxy groups -OCH3 is 1. The molecule has 0 saturated heterocycles. The summed E-state index contributed by atoms with van der Waals surface area (Å²) in [5.41, 5.74) is 3.84. The second-order valence-corrected chi connectivity index (χ2v) is 9.97. The molecule has 39 heavy (non-hydrogen) atoms. The second kappa shape index (κ2) is 10.2. The lowest BCUT2D eigenvalue weighted by Gasteiger charge is -2.27. The number of aromatic nitrogens is 2. The zero-order valence-corrected chi connectivity index (χ0v) is 22.2. The van der Waals surface area contributed by atoms with Crippen LogP contribution in [0.3, 0.4) is 0 Å². The molecule has 8 heteroatoms. The van der Waals surface area contributed by atoms with Gasteiger partial charge in [-0.15, -0.1) is 0 Å². The topological polar surface area (TPSA) is 85.7 Å². The van der Waals surface area contributed by atoms with Crippen LogP contribution in [0.25, 0.3) is 22.7 Å². The molecule has 0 spiro atoms. The van der Waals surface area contributed by atoms with Gasteiger partial charge in [0.1, 0.15) is 11.8 Å². The van der Waals surface area contributed by atoms with Crippen LogP contribution in [0.15, 0.2) is 100 Å². The quantitative estimate of drug-likeness (QED) is 0.326. The van der Waals surface area contributed by atoms with Crippen molar-refractivity contribution >= 4 is 40.0 Å². The van der Waals surface area contributed by atoms with Crippen LogP contribution in [-0.4, -0.2) is 29.2 Å². The summed E-state index contributed by atoms with van der Waals surface area (Å²) in [5, 5.41) is 1.02. The first kappa shape index (κ1) is 24.6. The van der Waals surface area contributed by atoms with Gasteiger partial charge in [0.05, 0.1) is 29.5 Å². The second-order valence-electron chi connectivity index (χ2n) is 8.96. The summed E-state index contributed by atoms with van der Waals surface area (Å²) >= 11 is 1.29. The van der Waals surface area contributed by atoms with Crippen LogP contribution in [0.5, 0.6) is 5.75 Å². The molecule has 3 heterocycles. The van der Waals surface area contributed by atoms with Gasteiger partial charge in [-0.2, -0.15) is 0 Å². The minimum absolute atomic E-state index is 0.189. The van der Waals surface area contributed by atoms with E-state index in [0.717, 1.165) is 22.0 Å². The van der Waals surface area contributed by atoms with E-state index >= 15 is 0 Å². The van der Waals surface area contributed by atoms with Crippen molar-refractivity contribution in [3.8, 4) is 5.75 Å². The van der Waals surface area contributed by atoms with E-state index in [1.807, 2.05) is 91.1 Å². The first-order valence-corrected chi connectivity index (χ1v) is 13.4. The Labute approximate surface area is 228 Å². The summed E-state index contributed by atoms with van der Waals surface area (Å²) in [4.78, 5) is 36.3. The van der Waals surface area contributed by atoms with Crippen molar-refractivity contribution in [2.45, 2.75) is 13.0 Å². The molecule has 0 bridgehead atoms. The summed E-state index contributed by atoms with van der Waals surface area (Å²) in [6.07, 6.45) is 3.76. The Morgan fingerprint density at radius 1 is 1.05 bits per heavy atom. The Balaban J connectivity index is 1.68. The van der Waals surface area contributed by atoms with Crippen molar-refractivity contribution < 1.29 is 14.3 Å². The van der Waals surface area contributed by atoms with Crippen LogP contribution in [0.1, 0.15) is 29.7 Å². The summed E-state index contributed by atoms with van der Waals surface area (Å²) < 4.78 is 13.3. The molecule has 5 aromatic rings. The van der Waals surface area contributed by atoms with E-state index in [9.17, 15) is 9.59 Å². The minimum atomic E-state index is -0.795. The SMILES string of the molecule is CCOC(=O)C1=C(c2ccccc2)N=c2s/c(=C/c3c[nH]c4ccccc34)c(=O)n2[C@@H]1c1ccccc1OC. The average Bonchev–Trinajstić information content (AvgIpc) is 3.53. The lowest BCUT2D eigenvalue weighted by Crippen LogP contribution is -2.40. The highest BCUT2D eigenvalue weighted by Gasteiger charge is 2.36. The highest BCUT2D eigenvalue weighted by atomic mass is 32.1. The van der Waals surface area contributed by atoms with E-state index in [0.29, 0.717) is 31.9 Å². The van der Waals surface area contributed by atoms with Crippen molar-refractivity contribution in [1.29, 1.82) is 0 Å². The number of benzene rings is 3. The molecule has 1 N–H and O–H groups in total. The Morgan fingerprint density at radius 2 is 1.79 bits per heavy atom. The number of para-hydroxylation sites is 2. The van der Waals surface area contributed by atoms with E-state index in [-0.39, 0.29) is 12.2 Å². The largest absolute Gasteiger partial charge is 0.496 e. The van der Waals surface area contributed by atoms with Gasteiger partial charge >= 0.3 is 5.97 Å². The van der Waals surface area contributed by atoms with Gasteiger partial charge in [0, 0.05) is 33.8 Å². The zero-order valence-electron chi connectivity index (χ0n) is 21.4. The van der Waals surface area contributed by atoms with Gasteiger partial charge in [-0.3, -0.25) is 9.36 Å². The molecule has 6 rings (SSSR count). The van der Waals surface area contributed by atoms with Crippen LogP contribution >= 0.6 is 11.3 Å². The van der Waals surface area contributed by atoms with Crippen LogP contribution in [0.2, 0.25) is 0 Å². The number of aromatic amines is 1. The number of carbonyl (C=O) groups is 1. The van der Waals surface area contributed by atoms with Gasteiger partial charge in [-0.25, -0.2) is 9.79 Å². The number of fused-ring (bicyclic) bond motifs is 2. The number of nitrogens with one attached hydrogen (secondary N) is 1. The number of hydrogen-bond donors (Lipinski definition) is 1. The number of esters is 1. The third kappa shape index (κ3) is 4.28. The third-order valence-electron chi connectivity index (χ3n) is 6.72. The molecule has 0 amide bonds.